The van der Waals surface area contributed by atoms with Crippen molar-refractivity contribution < 1.29 is 9.34 Å². The smallest absolute Gasteiger partial charge is 0.269 e. The van der Waals surface area contributed by atoms with Crippen molar-refractivity contribution in [2.45, 2.75) is 0 Å². The number of para-hydroxylation sites is 1. The van der Waals surface area contributed by atoms with E-state index in [1.165, 1.54) is 18.3 Å². The summed E-state index contributed by atoms with van der Waals surface area (Å²) in [5.41, 5.74) is 5.11. The van der Waals surface area contributed by atoms with Crippen molar-refractivity contribution in [3.63, 3.8) is 0 Å². The Hall–Kier alpha value is -4.85. The number of nitrogens with one attached hydrogen (secondary N) is 3. The van der Waals surface area contributed by atoms with E-state index >= 15 is 0 Å². The van der Waals surface area contributed by atoms with Gasteiger partial charge in [-0.05, 0) is 71.1 Å². The highest BCUT2D eigenvalue weighted by molar-refractivity contribution is 14.1. The summed E-state index contributed by atoms with van der Waals surface area (Å²) in [7, 11) is 0. The van der Waals surface area contributed by atoms with Crippen LogP contribution < -0.4 is 16.1 Å². The quantitative estimate of drug-likeness (QED) is 0.0723. The Labute approximate surface area is 230 Å². The molecular formula is C26H19IN8O3. The lowest BCUT2D eigenvalue weighted by atomic mass is 10.2. The summed E-state index contributed by atoms with van der Waals surface area (Å²) in [5.74, 6) is 1.93. The number of halogens is 1. The summed E-state index contributed by atoms with van der Waals surface area (Å²) < 4.78 is 7.01. The fourth-order valence-corrected chi connectivity index (χ4v) is 3.69. The zero-order valence-electron chi connectivity index (χ0n) is 19.6. The van der Waals surface area contributed by atoms with Crippen molar-refractivity contribution >= 4 is 63.7 Å². The Morgan fingerprint density at radius 1 is 0.789 bits per heavy atom. The number of anilines is 5. The second kappa shape index (κ2) is 11.5. The lowest BCUT2D eigenvalue weighted by Crippen LogP contribution is -2.07. The fourth-order valence-electron chi connectivity index (χ4n) is 3.33. The highest BCUT2D eigenvalue weighted by Crippen LogP contribution is 2.23. The highest BCUT2D eigenvalue weighted by atomic mass is 127. The number of nitrogens with zero attached hydrogens (tertiary/aromatic N) is 5. The van der Waals surface area contributed by atoms with E-state index < -0.39 is 4.92 Å². The van der Waals surface area contributed by atoms with Crippen LogP contribution in [-0.4, -0.2) is 26.1 Å². The van der Waals surface area contributed by atoms with Crippen LogP contribution >= 0.6 is 22.6 Å². The zero-order chi connectivity index (χ0) is 26.3. The first-order valence-corrected chi connectivity index (χ1v) is 12.3. The van der Waals surface area contributed by atoms with Crippen LogP contribution in [0.4, 0.5) is 34.9 Å². The Balaban J connectivity index is 1.34. The molecule has 2 aromatic heterocycles. The molecule has 3 aromatic carbocycles. The molecule has 0 saturated heterocycles. The minimum Gasteiger partial charge on any atom is -0.455 e. The summed E-state index contributed by atoms with van der Waals surface area (Å²) >= 11 is 2.26. The van der Waals surface area contributed by atoms with Crippen LogP contribution in [0.1, 0.15) is 5.76 Å². The Bertz CT molecular complexity index is 1570. The summed E-state index contributed by atoms with van der Waals surface area (Å²) in [6, 6.07) is 27.0. The topological polar surface area (TPSA) is 143 Å². The first kappa shape index (κ1) is 24.8. The number of hydrogen-bond donors (Lipinski definition) is 3. The van der Waals surface area contributed by atoms with Crippen molar-refractivity contribution in [3.05, 3.63) is 110 Å². The monoisotopic (exact) mass is 618 g/mol. The van der Waals surface area contributed by atoms with Gasteiger partial charge in [0.25, 0.3) is 5.69 Å². The molecule has 11 nitrogen and oxygen atoms in total. The van der Waals surface area contributed by atoms with Gasteiger partial charge in [-0.1, -0.05) is 30.3 Å². The van der Waals surface area contributed by atoms with Crippen molar-refractivity contribution in [1.29, 1.82) is 0 Å². The van der Waals surface area contributed by atoms with Gasteiger partial charge in [0.05, 0.1) is 11.1 Å². The molecule has 0 fully saturated rings. The maximum Gasteiger partial charge on any atom is 0.269 e. The molecule has 0 radical (unpaired) electrons. The third kappa shape index (κ3) is 6.47. The summed E-state index contributed by atoms with van der Waals surface area (Å²) in [6.45, 7) is 0. The molecule has 2 heterocycles. The lowest BCUT2D eigenvalue weighted by Gasteiger charge is -2.10. The number of hydrazone groups is 1. The third-order valence-electron chi connectivity index (χ3n) is 5.11. The van der Waals surface area contributed by atoms with Crippen LogP contribution in [0.15, 0.2) is 101 Å². The highest BCUT2D eigenvalue weighted by Gasteiger charge is 2.10. The Morgan fingerprint density at radius 3 is 2.08 bits per heavy atom. The largest absolute Gasteiger partial charge is 0.455 e. The fraction of sp³-hybridized carbons (Fsp3) is 0. The SMILES string of the molecule is O=[N+]([O-])c1ccc(Nc2nc(N/N=C/c3ccc(-c4ccc(I)cc4)o3)nc(Nc3ccccc3)n2)cc1. The molecule has 0 spiro atoms. The van der Waals surface area contributed by atoms with Crippen LogP contribution in [0.2, 0.25) is 0 Å². The van der Waals surface area contributed by atoms with Crippen molar-refractivity contribution in [1.82, 2.24) is 15.0 Å². The predicted octanol–water partition coefficient (Wildman–Crippen LogP) is 6.58. The van der Waals surface area contributed by atoms with E-state index in [0.717, 1.165) is 20.6 Å². The summed E-state index contributed by atoms with van der Waals surface area (Å²) in [5, 5.41) is 21.3. The van der Waals surface area contributed by atoms with Crippen LogP contribution in [0.3, 0.4) is 0 Å². The third-order valence-corrected chi connectivity index (χ3v) is 5.83. The van der Waals surface area contributed by atoms with E-state index in [4.69, 9.17) is 4.42 Å². The zero-order valence-corrected chi connectivity index (χ0v) is 21.7. The molecule has 5 aromatic rings. The number of hydrogen-bond acceptors (Lipinski definition) is 10. The van der Waals surface area contributed by atoms with Gasteiger partial charge in [0.1, 0.15) is 11.5 Å². The molecule has 0 aliphatic rings. The maximum absolute atomic E-state index is 10.9. The molecule has 0 saturated carbocycles. The van der Waals surface area contributed by atoms with Crippen molar-refractivity contribution in [3.8, 4) is 11.3 Å². The van der Waals surface area contributed by atoms with Gasteiger partial charge in [-0.3, -0.25) is 10.1 Å². The minimum absolute atomic E-state index is 0.0163. The van der Waals surface area contributed by atoms with Gasteiger partial charge in [-0.15, -0.1) is 0 Å². The van der Waals surface area contributed by atoms with Gasteiger partial charge in [-0.25, -0.2) is 5.43 Å². The van der Waals surface area contributed by atoms with Gasteiger partial charge < -0.3 is 15.1 Å². The van der Waals surface area contributed by atoms with Crippen LogP contribution in [0, 0.1) is 13.7 Å². The number of rotatable bonds is 9. The van der Waals surface area contributed by atoms with E-state index in [9.17, 15) is 10.1 Å². The second-order valence-electron chi connectivity index (χ2n) is 7.81. The van der Waals surface area contributed by atoms with Crippen molar-refractivity contribution in [2.75, 3.05) is 16.1 Å². The molecule has 0 atom stereocenters. The predicted molar refractivity (Wildman–Crippen MR) is 154 cm³/mol. The normalized spacial score (nSPS) is 10.9. The first-order chi connectivity index (χ1) is 18.5. The minimum atomic E-state index is -0.461. The van der Waals surface area contributed by atoms with Gasteiger partial charge >= 0.3 is 0 Å². The van der Waals surface area contributed by atoms with E-state index in [1.54, 1.807) is 12.1 Å². The lowest BCUT2D eigenvalue weighted by molar-refractivity contribution is -0.384. The summed E-state index contributed by atoms with van der Waals surface area (Å²) in [4.78, 5) is 23.6. The van der Waals surface area contributed by atoms with E-state index in [-0.39, 0.29) is 23.5 Å². The molecular weight excluding hydrogens is 599 g/mol. The molecule has 3 N–H and O–H groups in total. The number of furan rings is 1. The number of aromatic nitrogens is 3. The van der Waals surface area contributed by atoms with Gasteiger partial charge in [0.15, 0.2) is 0 Å². The molecule has 0 amide bonds. The number of nitro benzene ring substituents is 1. The van der Waals surface area contributed by atoms with Crippen LogP contribution in [-0.2, 0) is 0 Å². The van der Waals surface area contributed by atoms with E-state index in [0.29, 0.717) is 11.4 Å². The molecule has 0 bridgehead atoms. The summed E-state index contributed by atoms with van der Waals surface area (Å²) in [6.07, 6.45) is 1.52. The molecule has 0 unspecified atom stereocenters. The van der Waals surface area contributed by atoms with E-state index in [1.807, 2.05) is 66.7 Å². The number of benzene rings is 3. The first-order valence-electron chi connectivity index (χ1n) is 11.3. The van der Waals surface area contributed by atoms with Crippen LogP contribution in [0.5, 0.6) is 0 Å². The molecule has 0 aliphatic carbocycles. The number of non-ortho nitro benzene ring substituents is 1. The van der Waals surface area contributed by atoms with Crippen molar-refractivity contribution in [2.24, 2.45) is 5.10 Å². The van der Waals surface area contributed by atoms with Gasteiger partial charge in [0.2, 0.25) is 17.8 Å². The molecule has 5 rings (SSSR count). The van der Waals surface area contributed by atoms with Crippen LogP contribution in [0.25, 0.3) is 11.3 Å². The van der Waals surface area contributed by atoms with Gasteiger partial charge in [-0.2, -0.15) is 20.1 Å². The van der Waals surface area contributed by atoms with Gasteiger partial charge in [0, 0.05) is 32.6 Å². The molecule has 38 heavy (non-hydrogen) atoms. The Kier molecular flexibility index (Phi) is 7.49. The molecule has 188 valence electrons. The average molecular weight is 618 g/mol. The van der Waals surface area contributed by atoms with E-state index in [2.05, 4.69) is 58.7 Å². The standard InChI is InChI=1S/C26H19IN8O3/c27-18-8-6-17(7-9-18)23-15-14-22(38-23)16-28-34-26-32-24(29-19-4-2-1-3-5-19)31-25(33-26)30-20-10-12-21(13-11-20)35(36)37/h1-16H,(H3,29,30,31,32,33,34)/b28-16+. The Morgan fingerprint density at radius 2 is 1.42 bits per heavy atom. The number of nitro groups is 1. The maximum atomic E-state index is 10.9. The molecule has 12 heteroatoms. The molecule has 0 aliphatic heterocycles. The average Bonchev–Trinajstić information content (AvgIpc) is 3.39. The second-order valence-corrected chi connectivity index (χ2v) is 9.05.